The summed E-state index contributed by atoms with van der Waals surface area (Å²) in [6.45, 7) is 2.70. The van der Waals surface area contributed by atoms with Crippen LogP contribution in [0.2, 0.25) is 0 Å². The Morgan fingerprint density at radius 3 is 2.95 bits per heavy atom. The van der Waals surface area contributed by atoms with Crippen molar-refractivity contribution in [1.29, 1.82) is 5.26 Å². The van der Waals surface area contributed by atoms with Gasteiger partial charge in [0.2, 0.25) is 6.79 Å². The molecule has 0 radical (unpaired) electrons. The van der Waals surface area contributed by atoms with Crippen molar-refractivity contribution in [2.24, 2.45) is 5.73 Å². The molecule has 0 aliphatic carbocycles. The van der Waals surface area contributed by atoms with Gasteiger partial charge in [-0.1, -0.05) is 6.92 Å². The molecule has 102 valence electrons. The second kappa shape index (κ2) is 5.81. The van der Waals surface area contributed by atoms with Crippen LogP contribution in [0.5, 0.6) is 17.2 Å². The van der Waals surface area contributed by atoms with Gasteiger partial charge < -0.3 is 19.9 Å². The summed E-state index contributed by atoms with van der Waals surface area (Å²) >= 11 is 0. The van der Waals surface area contributed by atoms with Gasteiger partial charge in [0.05, 0.1) is 12.7 Å². The zero-order valence-electron chi connectivity index (χ0n) is 11.0. The van der Waals surface area contributed by atoms with Crippen LogP contribution < -0.4 is 19.9 Å². The van der Waals surface area contributed by atoms with Crippen molar-refractivity contribution in [2.45, 2.75) is 31.7 Å². The fraction of sp³-hybridized carbons (Fsp3) is 0.500. The number of benzene rings is 1. The van der Waals surface area contributed by atoms with E-state index in [2.05, 4.69) is 6.07 Å². The van der Waals surface area contributed by atoms with Crippen molar-refractivity contribution in [2.75, 3.05) is 13.4 Å². The molecule has 5 nitrogen and oxygen atoms in total. The number of ether oxygens (including phenoxy) is 3. The average molecular weight is 262 g/mol. The zero-order valence-corrected chi connectivity index (χ0v) is 11.0. The van der Waals surface area contributed by atoms with Crippen LogP contribution in [-0.2, 0) is 0 Å². The second-order valence-corrected chi connectivity index (χ2v) is 4.59. The van der Waals surface area contributed by atoms with Crippen LogP contribution in [0.25, 0.3) is 0 Å². The quantitative estimate of drug-likeness (QED) is 0.795. The molecule has 0 aromatic heterocycles. The monoisotopic (exact) mass is 262 g/mol. The molecule has 0 spiro atoms. The second-order valence-electron chi connectivity index (χ2n) is 4.59. The van der Waals surface area contributed by atoms with Crippen molar-refractivity contribution in [3.05, 3.63) is 18.2 Å². The number of hydrogen-bond donors (Lipinski definition) is 1. The summed E-state index contributed by atoms with van der Waals surface area (Å²) in [6.07, 6.45) is 2.02. The van der Waals surface area contributed by atoms with Crippen LogP contribution in [0.3, 0.4) is 0 Å². The average Bonchev–Trinajstić information content (AvgIpc) is 2.91. The molecule has 0 amide bonds. The highest BCUT2D eigenvalue weighted by atomic mass is 16.7. The summed E-state index contributed by atoms with van der Waals surface area (Å²) in [4.78, 5) is 0. The van der Waals surface area contributed by atoms with E-state index < -0.39 is 5.54 Å². The molecule has 19 heavy (non-hydrogen) atoms. The number of fused-ring (bicyclic) bond motifs is 1. The van der Waals surface area contributed by atoms with Gasteiger partial charge in [-0.15, -0.1) is 0 Å². The van der Waals surface area contributed by atoms with Crippen molar-refractivity contribution >= 4 is 0 Å². The van der Waals surface area contributed by atoms with Crippen molar-refractivity contribution in [3.8, 4) is 23.3 Å². The maximum Gasteiger partial charge on any atom is 0.231 e. The molecule has 1 unspecified atom stereocenters. The molecule has 1 atom stereocenters. The molecule has 1 aliphatic rings. The number of rotatable bonds is 6. The minimum absolute atomic E-state index is 0.257. The first-order valence-electron chi connectivity index (χ1n) is 6.39. The van der Waals surface area contributed by atoms with E-state index in [1.165, 1.54) is 0 Å². The number of nitriles is 1. The molecule has 2 rings (SSSR count). The summed E-state index contributed by atoms with van der Waals surface area (Å²) in [5.41, 5.74) is 5.16. The normalized spacial score (nSPS) is 15.6. The van der Waals surface area contributed by atoms with E-state index in [-0.39, 0.29) is 6.79 Å². The SMILES string of the molecule is CCC(N)(C#N)CCCOc1ccc2c(c1)OCO2. The molecule has 1 aromatic rings. The van der Waals surface area contributed by atoms with Gasteiger partial charge in [-0.2, -0.15) is 5.26 Å². The lowest BCUT2D eigenvalue weighted by Crippen LogP contribution is -2.37. The molecule has 5 heteroatoms. The van der Waals surface area contributed by atoms with Crippen LogP contribution >= 0.6 is 0 Å². The standard InChI is InChI=1S/C14H18N2O3/c1-2-14(16,9-15)6-3-7-17-11-4-5-12-13(8-11)19-10-18-12/h4-5,8H,2-3,6-7,10,16H2,1H3. The van der Waals surface area contributed by atoms with E-state index in [1.807, 2.05) is 25.1 Å². The van der Waals surface area contributed by atoms with E-state index in [0.29, 0.717) is 25.2 Å². The summed E-state index contributed by atoms with van der Waals surface area (Å²) in [5, 5.41) is 8.96. The lowest BCUT2D eigenvalue weighted by molar-refractivity contribution is 0.173. The van der Waals surface area contributed by atoms with Crippen LogP contribution in [0.1, 0.15) is 26.2 Å². The maximum absolute atomic E-state index is 8.96. The first-order valence-corrected chi connectivity index (χ1v) is 6.39. The number of nitrogens with zero attached hydrogens (tertiary/aromatic N) is 1. The smallest absolute Gasteiger partial charge is 0.231 e. The molecular weight excluding hydrogens is 244 g/mol. The molecule has 0 saturated carbocycles. The molecule has 0 saturated heterocycles. The van der Waals surface area contributed by atoms with Gasteiger partial charge in [0.15, 0.2) is 11.5 Å². The predicted molar refractivity (Wildman–Crippen MR) is 70.1 cm³/mol. The minimum atomic E-state index is -0.738. The van der Waals surface area contributed by atoms with E-state index in [9.17, 15) is 0 Å². The summed E-state index contributed by atoms with van der Waals surface area (Å²) in [7, 11) is 0. The van der Waals surface area contributed by atoms with E-state index in [0.717, 1.165) is 17.9 Å². The van der Waals surface area contributed by atoms with E-state index in [1.54, 1.807) is 0 Å². The van der Waals surface area contributed by atoms with Gasteiger partial charge in [0, 0.05) is 6.07 Å². The van der Waals surface area contributed by atoms with Crippen LogP contribution in [0.15, 0.2) is 18.2 Å². The van der Waals surface area contributed by atoms with E-state index in [4.69, 9.17) is 25.2 Å². The Bertz CT molecular complexity index is 484. The topological polar surface area (TPSA) is 77.5 Å². The first kappa shape index (κ1) is 13.5. The Kier molecular flexibility index (Phi) is 4.13. The van der Waals surface area contributed by atoms with Crippen LogP contribution in [0.4, 0.5) is 0 Å². The fourth-order valence-electron chi connectivity index (χ4n) is 1.86. The summed E-state index contributed by atoms with van der Waals surface area (Å²) in [6, 6.07) is 7.62. The molecule has 0 fully saturated rings. The van der Waals surface area contributed by atoms with Crippen molar-refractivity contribution in [1.82, 2.24) is 0 Å². The molecular formula is C14H18N2O3. The lowest BCUT2D eigenvalue weighted by atomic mass is 9.94. The van der Waals surface area contributed by atoms with Gasteiger partial charge in [-0.25, -0.2) is 0 Å². The molecule has 2 N–H and O–H groups in total. The molecule has 1 aliphatic heterocycles. The highest BCUT2D eigenvalue weighted by Gasteiger charge is 2.21. The maximum atomic E-state index is 8.96. The van der Waals surface area contributed by atoms with Crippen molar-refractivity contribution < 1.29 is 14.2 Å². The van der Waals surface area contributed by atoms with Crippen LogP contribution in [0, 0.1) is 11.3 Å². The number of nitrogens with two attached hydrogens (primary N) is 1. The Morgan fingerprint density at radius 1 is 1.42 bits per heavy atom. The summed E-state index contributed by atoms with van der Waals surface area (Å²) < 4.78 is 16.1. The van der Waals surface area contributed by atoms with Gasteiger partial charge in [0.25, 0.3) is 0 Å². The molecule has 0 bridgehead atoms. The van der Waals surface area contributed by atoms with E-state index >= 15 is 0 Å². The lowest BCUT2D eigenvalue weighted by Gasteiger charge is -2.18. The Morgan fingerprint density at radius 2 is 2.21 bits per heavy atom. The molecule has 1 heterocycles. The Labute approximate surface area is 112 Å². The summed E-state index contributed by atoms with van der Waals surface area (Å²) in [5.74, 6) is 2.18. The Balaban J connectivity index is 1.79. The third kappa shape index (κ3) is 3.30. The predicted octanol–water partition coefficient (Wildman–Crippen LogP) is 2.21. The van der Waals surface area contributed by atoms with Gasteiger partial charge in [-0.05, 0) is 31.4 Å². The van der Waals surface area contributed by atoms with Gasteiger partial charge >= 0.3 is 0 Å². The highest BCUT2D eigenvalue weighted by Crippen LogP contribution is 2.35. The molecule has 1 aromatic carbocycles. The largest absolute Gasteiger partial charge is 0.493 e. The van der Waals surface area contributed by atoms with Crippen molar-refractivity contribution in [3.63, 3.8) is 0 Å². The highest BCUT2D eigenvalue weighted by molar-refractivity contribution is 5.46. The van der Waals surface area contributed by atoms with Gasteiger partial charge in [0.1, 0.15) is 11.3 Å². The minimum Gasteiger partial charge on any atom is -0.493 e. The third-order valence-electron chi connectivity index (χ3n) is 3.23. The fourth-order valence-corrected chi connectivity index (χ4v) is 1.86. The third-order valence-corrected chi connectivity index (χ3v) is 3.23. The Hall–Kier alpha value is -1.93. The zero-order chi connectivity index (χ0) is 13.7. The van der Waals surface area contributed by atoms with Gasteiger partial charge in [-0.3, -0.25) is 0 Å². The first-order chi connectivity index (χ1) is 9.17. The van der Waals surface area contributed by atoms with Crippen LogP contribution in [-0.4, -0.2) is 18.9 Å². The number of hydrogen-bond acceptors (Lipinski definition) is 5.